The number of hydrogen-bond acceptors (Lipinski definition) is 7. The molecule has 2 atom stereocenters. The molecule has 34 heavy (non-hydrogen) atoms. The van der Waals surface area contributed by atoms with Crippen LogP contribution in [0.1, 0.15) is 45.1 Å². The van der Waals surface area contributed by atoms with Crippen molar-refractivity contribution >= 4 is 21.2 Å². The van der Waals surface area contributed by atoms with E-state index in [9.17, 15) is 13.5 Å². The minimum Gasteiger partial charge on any atom is -0.505 e. The second kappa shape index (κ2) is 13.2. The first-order valence-electron chi connectivity index (χ1n) is 11.6. The van der Waals surface area contributed by atoms with Crippen LogP contribution in [0.3, 0.4) is 0 Å². The number of unbranched alkanes of at least 4 members (excludes halogenated alkanes) is 1. The summed E-state index contributed by atoms with van der Waals surface area (Å²) in [7, 11) is -1.63. The number of rotatable bonds is 13. The van der Waals surface area contributed by atoms with E-state index in [0.717, 1.165) is 12.8 Å². The number of nitrogens with zero attached hydrogens (tertiary/aromatic N) is 2. The smallest absolute Gasteiger partial charge is 0.163 e. The van der Waals surface area contributed by atoms with Crippen LogP contribution >= 0.6 is 0 Å². The van der Waals surface area contributed by atoms with Crippen LogP contribution in [0, 0.1) is 6.92 Å². The number of benzene rings is 1. The molecule has 1 aliphatic carbocycles. The van der Waals surface area contributed by atoms with E-state index in [-0.39, 0.29) is 5.75 Å². The van der Waals surface area contributed by atoms with E-state index in [2.05, 4.69) is 24.0 Å². The molecule has 2 rings (SSSR count). The number of phenolic OH excluding ortho intramolecular Hbond substituents is 1. The van der Waals surface area contributed by atoms with Crippen molar-refractivity contribution in [1.29, 1.82) is 0 Å². The average Bonchev–Trinajstić information content (AvgIpc) is 2.84. The Morgan fingerprint density at radius 1 is 1.41 bits per heavy atom. The Morgan fingerprint density at radius 2 is 2.18 bits per heavy atom. The van der Waals surface area contributed by atoms with E-state index in [4.69, 9.17) is 4.74 Å². The van der Waals surface area contributed by atoms with Crippen LogP contribution in [0.4, 0.5) is 5.69 Å². The topological polar surface area (TPSA) is 91.2 Å². The highest BCUT2D eigenvalue weighted by atomic mass is 32.2. The minimum atomic E-state index is -3.32. The predicted molar refractivity (Wildman–Crippen MR) is 141 cm³/mol. The first-order valence-corrected chi connectivity index (χ1v) is 13.2. The lowest BCUT2D eigenvalue weighted by molar-refractivity contribution is 0.308. The van der Waals surface area contributed by atoms with Crippen LogP contribution in [-0.4, -0.2) is 43.4 Å². The standard InChI is InChI=1S/C26H37N3O4S/c1-6-8-17-33-23-18-20(3)26(30)25(19-23)29(27-5)28-22(7-2)14-12-13-21(4)34(31,32)24-15-10-9-11-16-24/h7,9-13,15,18-19,21,24,27,30H,2,6,8,14,16-17H2,1,3-5H3/b13-12-,28-22-. The number of ether oxygens (including phenoxy) is 1. The van der Waals surface area contributed by atoms with Gasteiger partial charge in [0.1, 0.15) is 17.2 Å². The van der Waals surface area contributed by atoms with E-state index in [1.165, 1.54) is 5.12 Å². The van der Waals surface area contributed by atoms with Gasteiger partial charge in [-0.15, -0.1) is 0 Å². The third-order valence-electron chi connectivity index (χ3n) is 5.54. The highest BCUT2D eigenvalue weighted by molar-refractivity contribution is 7.92. The van der Waals surface area contributed by atoms with Crippen LogP contribution in [-0.2, 0) is 9.84 Å². The molecule has 0 aliphatic heterocycles. The monoisotopic (exact) mass is 487 g/mol. The maximum absolute atomic E-state index is 12.8. The summed E-state index contributed by atoms with van der Waals surface area (Å²) in [6.07, 6.45) is 15.2. The van der Waals surface area contributed by atoms with Gasteiger partial charge in [-0.25, -0.2) is 13.8 Å². The molecule has 0 saturated heterocycles. The largest absolute Gasteiger partial charge is 0.505 e. The molecule has 1 aliphatic rings. The molecule has 7 nitrogen and oxygen atoms in total. The number of nitrogens with one attached hydrogen (secondary N) is 1. The zero-order chi connectivity index (χ0) is 25.1. The second-order valence-electron chi connectivity index (χ2n) is 8.15. The average molecular weight is 488 g/mol. The van der Waals surface area contributed by atoms with E-state index >= 15 is 0 Å². The van der Waals surface area contributed by atoms with Gasteiger partial charge in [0.25, 0.3) is 0 Å². The fourth-order valence-electron chi connectivity index (χ4n) is 3.39. The highest BCUT2D eigenvalue weighted by Gasteiger charge is 2.27. The van der Waals surface area contributed by atoms with Gasteiger partial charge in [-0.1, -0.05) is 56.4 Å². The lowest BCUT2D eigenvalue weighted by atomic mass is 10.2. The summed E-state index contributed by atoms with van der Waals surface area (Å²) in [5.74, 6) is 0.745. The van der Waals surface area contributed by atoms with Crippen molar-refractivity contribution < 1.29 is 18.3 Å². The number of allylic oxidation sites excluding steroid dienone is 5. The molecule has 0 radical (unpaired) electrons. The van der Waals surface area contributed by atoms with E-state index < -0.39 is 20.3 Å². The third kappa shape index (κ3) is 7.33. The van der Waals surface area contributed by atoms with Crippen molar-refractivity contribution in [2.24, 2.45) is 5.10 Å². The molecule has 0 bridgehead atoms. The zero-order valence-corrected chi connectivity index (χ0v) is 21.4. The summed E-state index contributed by atoms with van der Waals surface area (Å²) in [6, 6.07) is 3.53. The van der Waals surface area contributed by atoms with E-state index in [1.54, 1.807) is 63.4 Å². The number of hydrazine groups is 1. The molecule has 186 valence electrons. The lowest BCUT2D eigenvalue weighted by Crippen LogP contribution is -2.31. The summed E-state index contributed by atoms with van der Waals surface area (Å²) < 4.78 is 31.4. The molecule has 8 heteroatoms. The molecule has 0 fully saturated rings. The fraction of sp³-hybridized carbons (Fsp3) is 0.423. The van der Waals surface area contributed by atoms with Gasteiger partial charge in [0, 0.05) is 19.5 Å². The molecule has 2 N–H and O–H groups in total. The number of aryl methyl sites for hydroxylation is 1. The van der Waals surface area contributed by atoms with Gasteiger partial charge in [0.15, 0.2) is 9.84 Å². The maximum Gasteiger partial charge on any atom is 0.163 e. The van der Waals surface area contributed by atoms with Crippen molar-refractivity contribution in [1.82, 2.24) is 5.43 Å². The van der Waals surface area contributed by atoms with Crippen molar-refractivity contribution in [3.63, 3.8) is 0 Å². The maximum atomic E-state index is 12.8. The first-order chi connectivity index (χ1) is 16.2. The normalized spacial score (nSPS) is 17.2. The molecule has 2 unspecified atom stereocenters. The molecule has 1 aromatic carbocycles. The Hall–Kier alpha value is -2.84. The van der Waals surface area contributed by atoms with E-state index in [1.807, 2.05) is 12.2 Å². The summed E-state index contributed by atoms with van der Waals surface area (Å²) in [5, 5.41) is 15.5. The second-order valence-corrected chi connectivity index (χ2v) is 10.7. The van der Waals surface area contributed by atoms with Gasteiger partial charge in [-0.2, -0.15) is 10.2 Å². The fourth-order valence-corrected chi connectivity index (χ4v) is 4.96. The molecule has 0 saturated carbocycles. The van der Waals surface area contributed by atoms with Gasteiger partial charge < -0.3 is 9.84 Å². The van der Waals surface area contributed by atoms with Crippen LogP contribution in [0.15, 0.2) is 66.3 Å². The van der Waals surface area contributed by atoms with Crippen LogP contribution in [0.25, 0.3) is 0 Å². The highest BCUT2D eigenvalue weighted by Crippen LogP contribution is 2.35. The van der Waals surface area contributed by atoms with Crippen molar-refractivity contribution in [2.75, 3.05) is 18.8 Å². The first kappa shape index (κ1) is 27.4. The Labute approximate surface area is 204 Å². The molecule has 0 spiro atoms. The van der Waals surface area contributed by atoms with Crippen molar-refractivity contribution in [2.45, 2.75) is 57.0 Å². The van der Waals surface area contributed by atoms with Gasteiger partial charge in [-0.05, 0) is 44.4 Å². The molecule has 0 amide bonds. The summed E-state index contributed by atoms with van der Waals surface area (Å²) in [5.41, 5.74) is 4.68. The van der Waals surface area contributed by atoms with Gasteiger partial charge >= 0.3 is 0 Å². The van der Waals surface area contributed by atoms with Crippen molar-refractivity contribution in [3.8, 4) is 11.5 Å². The van der Waals surface area contributed by atoms with Gasteiger partial charge in [0.2, 0.25) is 0 Å². The third-order valence-corrected chi connectivity index (χ3v) is 7.93. The number of aromatic hydroxyl groups is 1. The number of hydrazone groups is 1. The molecular weight excluding hydrogens is 450 g/mol. The summed E-state index contributed by atoms with van der Waals surface area (Å²) in [6.45, 7) is 10.0. The SMILES string of the molecule is C=C/C(C/C=C\C(C)S(=O)(=O)C1C=CC=CC1)=N/N(NC)c1cc(OCCCC)cc(C)c1O. The minimum absolute atomic E-state index is 0.0918. The number of phenols is 1. The zero-order valence-electron chi connectivity index (χ0n) is 20.6. The van der Waals surface area contributed by atoms with Crippen LogP contribution in [0.5, 0.6) is 11.5 Å². The van der Waals surface area contributed by atoms with Gasteiger partial charge in [0.05, 0.1) is 22.8 Å². The van der Waals surface area contributed by atoms with Gasteiger partial charge in [-0.3, -0.25) is 0 Å². The number of hydrogen-bond donors (Lipinski definition) is 2. The van der Waals surface area contributed by atoms with Crippen molar-refractivity contribution in [3.05, 3.63) is 66.8 Å². The Kier molecular flexibility index (Phi) is 10.6. The molecule has 0 heterocycles. The number of anilines is 1. The lowest BCUT2D eigenvalue weighted by Gasteiger charge is -2.21. The predicted octanol–water partition coefficient (Wildman–Crippen LogP) is 5.00. The van der Waals surface area contributed by atoms with Crippen LogP contribution < -0.4 is 15.3 Å². The van der Waals surface area contributed by atoms with Crippen LogP contribution in [0.2, 0.25) is 0 Å². The molecule has 1 aromatic rings. The quantitative estimate of drug-likeness (QED) is 0.176. The molecular formula is C26H37N3O4S. The molecule has 0 aromatic heterocycles. The Balaban J connectivity index is 2.17. The Bertz CT molecular complexity index is 1060. The van der Waals surface area contributed by atoms with E-state index in [0.29, 0.717) is 42.2 Å². The number of sulfone groups is 1. The Morgan fingerprint density at radius 3 is 2.79 bits per heavy atom. The summed E-state index contributed by atoms with van der Waals surface area (Å²) in [4.78, 5) is 0. The summed E-state index contributed by atoms with van der Waals surface area (Å²) >= 11 is 0.